The second kappa shape index (κ2) is 8.68. The minimum atomic E-state index is -0.332. The molecule has 30 heavy (non-hydrogen) atoms. The molecule has 1 fully saturated rings. The Morgan fingerprint density at radius 2 is 1.97 bits per heavy atom. The number of aromatic nitrogens is 3. The number of pyridine rings is 1. The number of nitrogens with zero attached hydrogens (tertiary/aromatic N) is 4. The van der Waals surface area contributed by atoms with E-state index in [1.54, 1.807) is 0 Å². The van der Waals surface area contributed by atoms with E-state index in [9.17, 15) is 9.18 Å². The number of hydrogen-bond acceptors (Lipinski definition) is 4. The molecule has 2 aromatic rings. The molecule has 1 saturated heterocycles. The summed E-state index contributed by atoms with van der Waals surface area (Å²) in [6.45, 7) is 5.88. The van der Waals surface area contributed by atoms with E-state index in [1.165, 1.54) is 5.69 Å². The molecule has 0 bridgehead atoms. The Kier molecular flexibility index (Phi) is 5.99. The number of nitrogens with one attached hydrogen (secondary N) is 1. The van der Waals surface area contributed by atoms with Crippen LogP contribution in [0.1, 0.15) is 37.2 Å². The van der Waals surface area contributed by atoms with Crippen molar-refractivity contribution in [2.45, 2.75) is 32.6 Å². The Morgan fingerprint density at radius 3 is 2.63 bits per heavy atom. The lowest BCUT2D eigenvalue weighted by Gasteiger charge is -2.30. The number of piperidine rings is 1. The molecule has 0 spiro atoms. The number of anilines is 1. The number of likely N-dealkylation sites (tertiary alicyclic amines) is 1. The van der Waals surface area contributed by atoms with Crippen molar-refractivity contribution in [2.24, 2.45) is 18.9 Å². The van der Waals surface area contributed by atoms with Crippen LogP contribution in [0.25, 0.3) is 12.2 Å². The fourth-order valence-electron chi connectivity index (χ4n) is 4.52. The molecule has 0 saturated carbocycles. The van der Waals surface area contributed by atoms with Crippen LogP contribution in [0.4, 0.5) is 10.2 Å². The van der Waals surface area contributed by atoms with Crippen LogP contribution in [0.3, 0.4) is 0 Å². The van der Waals surface area contributed by atoms with Crippen molar-refractivity contribution in [3.05, 3.63) is 40.4 Å². The molecule has 0 radical (unpaired) electrons. The van der Waals surface area contributed by atoms with E-state index >= 15 is 0 Å². The van der Waals surface area contributed by atoms with Gasteiger partial charge in [-0.25, -0.2) is 14.4 Å². The number of carbonyl (C=O) groups is 1. The molecule has 4 rings (SSSR count). The van der Waals surface area contributed by atoms with Gasteiger partial charge in [-0.2, -0.15) is 0 Å². The van der Waals surface area contributed by atoms with E-state index in [4.69, 9.17) is 0 Å². The average Bonchev–Trinajstić information content (AvgIpc) is 3.07. The predicted molar refractivity (Wildman–Crippen MR) is 116 cm³/mol. The molecule has 2 unspecified atom stereocenters. The molecule has 6 nitrogen and oxygen atoms in total. The van der Waals surface area contributed by atoms with Crippen LogP contribution in [-0.4, -0.2) is 51.7 Å². The zero-order valence-electron chi connectivity index (χ0n) is 17.9. The number of rotatable bonds is 5. The summed E-state index contributed by atoms with van der Waals surface area (Å²) in [6, 6.07) is 1.96. The van der Waals surface area contributed by atoms with Gasteiger partial charge in [0.05, 0.1) is 0 Å². The molecule has 1 N–H and O–H groups in total. The van der Waals surface area contributed by atoms with Gasteiger partial charge in [-0.15, -0.1) is 0 Å². The maximum atomic E-state index is 12.7. The van der Waals surface area contributed by atoms with E-state index in [0.717, 1.165) is 42.2 Å². The van der Waals surface area contributed by atoms with Crippen LogP contribution in [0.15, 0.2) is 18.5 Å². The molecule has 160 valence electrons. The summed E-state index contributed by atoms with van der Waals surface area (Å²) >= 11 is 0. The summed E-state index contributed by atoms with van der Waals surface area (Å²) in [5.74, 6) is 2.12. The van der Waals surface area contributed by atoms with Crippen molar-refractivity contribution >= 4 is 23.9 Å². The van der Waals surface area contributed by atoms with Crippen LogP contribution in [0.2, 0.25) is 0 Å². The third-order valence-electron chi connectivity index (χ3n) is 6.54. The predicted octanol–water partition coefficient (Wildman–Crippen LogP) is 1.74. The Labute approximate surface area is 176 Å². The number of carbonyl (C=O) groups excluding carboxylic acids is 1. The molecule has 1 aliphatic carbocycles. The molecular formula is C23H30FN5O. The third kappa shape index (κ3) is 4.17. The van der Waals surface area contributed by atoms with Crippen LogP contribution in [0.5, 0.6) is 0 Å². The van der Waals surface area contributed by atoms with Gasteiger partial charge in [0.15, 0.2) is 0 Å². The lowest BCUT2D eigenvalue weighted by atomic mass is 9.86. The van der Waals surface area contributed by atoms with Crippen molar-refractivity contribution in [3.63, 3.8) is 0 Å². The van der Waals surface area contributed by atoms with Gasteiger partial charge in [0.25, 0.3) is 0 Å². The number of halogens is 1. The summed E-state index contributed by atoms with van der Waals surface area (Å²) in [4.78, 5) is 23.7. The number of alkyl halides is 1. The summed E-state index contributed by atoms with van der Waals surface area (Å²) in [5.41, 5.74) is 1.18. The van der Waals surface area contributed by atoms with E-state index in [2.05, 4.69) is 43.8 Å². The standard InChI is InChI=1S/C23H30FN5O/c1-15-10-19-13-26-22(27-23(30)17-4-7-29(8-5-17)9-6-24)12-18(19)11-20(15)21-14-25-16(2)28(21)3/h10-15,17,20H,4-9H2,1-3H3,(H,27,30). The van der Waals surface area contributed by atoms with E-state index in [-0.39, 0.29) is 24.4 Å². The van der Waals surface area contributed by atoms with Crippen LogP contribution < -0.4 is 15.8 Å². The largest absolute Gasteiger partial charge is 0.335 e. The van der Waals surface area contributed by atoms with Gasteiger partial charge in [0.1, 0.15) is 18.3 Å². The fourth-order valence-corrected chi connectivity index (χ4v) is 4.52. The normalized spacial score (nSPS) is 22.1. The zero-order chi connectivity index (χ0) is 21.3. The number of fused-ring (bicyclic) bond motifs is 1. The second-order valence-corrected chi connectivity index (χ2v) is 8.50. The molecule has 1 amide bonds. The van der Waals surface area contributed by atoms with Gasteiger partial charge in [0.2, 0.25) is 5.91 Å². The van der Waals surface area contributed by atoms with Crippen molar-refractivity contribution < 1.29 is 9.18 Å². The van der Waals surface area contributed by atoms with Crippen LogP contribution in [-0.2, 0) is 11.8 Å². The van der Waals surface area contributed by atoms with Crippen molar-refractivity contribution in [1.82, 2.24) is 19.4 Å². The third-order valence-corrected chi connectivity index (χ3v) is 6.54. The van der Waals surface area contributed by atoms with E-state index in [0.29, 0.717) is 18.3 Å². The number of hydrogen-bond donors (Lipinski definition) is 1. The zero-order valence-corrected chi connectivity index (χ0v) is 17.9. The summed E-state index contributed by atoms with van der Waals surface area (Å²) in [7, 11) is 2.05. The summed E-state index contributed by atoms with van der Waals surface area (Å²) < 4.78 is 14.6. The molecule has 0 aromatic carbocycles. The highest BCUT2D eigenvalue weighted by atomic mass is 19.1. The first kappa shape index (κ1) is 20.7. The first-order valence-corrected chi connectivity index (χ1v) is 10.7. The highest BCUT2D eigenvalue weighted by Gasteiger charge is 2.25. The molecule has 2 aromatic heterocycles. The number of imidazole rings is 1. The van der Waals surface area contributed by atoms with Crippen molar-refractivity contribution in [1.29, 1.82) is 0 Å². The van der Waals surface area contributed by atoms with Crippen LogP contribution >= 0.6 is 0 Å². The Hall–Kier alpha value is -2.54. The van der Waals surface area contributed by atoms with Gasteiger partial charge in [-0.1, -0.05) is 19.1 Å². The minimum Gasteiger partial charge on any atom is -0.335 e. The van der Waals surface area contributed by atoms with Gasteiger partial charge < -0.3 is 14.8 Å². The van der Waals surface area contributed by atoms with Gasteiger partial charge in [-0.05, 0) is 55.3 Å². The maximum Gasteiger partial charge on any atom is 0.228 e. The first-order chi connectivity index (χ1) is 14.5. The topological polar surface area (TPSA) is 63.1 Å². The summed E-state index contributed by atoms with van der Waals surface area (Å²) in [5, 5.41) is 5.17. The van der Waals surface area contributed by atoms with Gasteiger partial charge in [-0.3, -0.25) is 4.79 Å². The molecule has 2 atom stereocenters. The van der Waals surface area contributed by atoms with Gasteiger partial charge >= 0.3 is 0 Å². The minimum absolute atomic E-state index is 0.00862. The lowest BCUT2D eigenvalue weighted by molar-refractivity contribution is -0.121. The van der Waals surface area contributed by atoms with Crippen molar-refractivity contribution in [2.75, 3.05) is 31.6 Å². The highest BCUT2D eigenvalue weighted by Crippen LogP contribution is 2.28. The molecular weight excluding hydrogens is 381 g/mol. The molecule has 2 aliphatic rings. The van der Waals surface area contributed by atoms with Crippen molar-refractivity contribution in [3.8, 4) is 0 Å². The number of amides is 1. The smallest absolute Gasteiger partial charge is 0.228 e. The first-order valence-electron chi connectivity index (χ1n) is 10.7. The summed E-state index contributed by atoms with van der Waals surface area (Å²) in [6.07, 6.45) is 9.80. The lowest BCUT2D eigenvalue weighted by Crippen LogP contribution is -2.39. The Balaban J connectivity index is 1.51. The van der Waals surface area contributed by atoms with Crippen LogP contribution in [0, 0.1) is 18.8 Å². The molecule has 7 heteroatoms. The quantitative estimate of drug-likeness (QED) is 0.814. The Morgan fingerprint density at radius 1 is 1.20 bits per heavy atom. The monoisotopic (exact) mass is 411 g/mol. The molecule has 1 aliphatic heterocycles. The SMILES string of the molecule is Cc1ncc(C2C=c3cc(NC(=O)C4CCN(CCF)CC4)ncc3=CC2C)n1C. The fraction of sp³-hybridized carbons (Fsp3) is 0.522. The van der Waals surface area contributed by atoms with Gasteiger partial charge in [0, 0.05) is 43.5 Å². The van der Waals surface area contributed by atoms with E-state index in [1.807, 2.05) is 32.4 Å². The second-order valence-electron chi connectivity index (χ2n) is 8.50. The maximum absolute atomic E-state index is 12.7. The highest BCUT2D eigenvalue weighted by molar-refractivity contribution is 5.91. The Bertz CT molecular complexity index is 1040. The average molecular weight is 412 g/mol. The van der Waals surface area contributed by atoms with E-state index < -0.39 is 0 Å². The molecule has 3 heterocycles. The number of aryl methyl sites for hydroxylation is 1.